The van der Waals surface area contributed by atoms with Gasteiger partial charge in [-0.2, -0.15) is 0 Å². The molecule has 0 saturated carbocycles. The van der Waals surface area contributed by atoms with Gasteiger partial charge in [-0.15, -0.1) is 0 Å². The maximum Gasteiger partial charge on any atom is 0.0110 e. The summed E-state index contributed by atoms with van der Waals surface area (Å²) in [7, 11) is 0. The normalized spacial score (nSPS) is 12.0. The molecule has 0 aromatic carbocycles. The molecule has 0 radical (unpaired) electrons. The molecule has 0 aliphatic carbocycles. The van der Waals surface area contributed by atoms with Crippen molar-refractivity contribution in [3.8, 4) is 0 Å². The first kappa shape index (κ1) is 32.9. The summed E-state index contributed by atoms with van der Waals surface area (Å²) in [5, 5.41) is 0. The lowest BCUT2D eigenvalue weighted by molar-refractivity contribution is 0.183. The van der Waals surface area contributed by atoms with Crippen LogP contribution in [0.2, 0.25) is 0 Å². The predicted molar refractivity (Wildman–Crippen MR) is 152 cm³/mol. The molecule has 0 aromatic rings. The van der Waals surface area contributed by atoms with Crippen molar-refractivity contribution in [2.24, 2.45) is 0 Å². The zero-order chi connectivity index (χ0) is 24.4. The van der Waals surface area contributed by atoms with Crippen molar-refractivity contribution in [2.45, 2.75) is 137 Å². The van der Waals surface area contributed by atoms with Crippen LogP contribution < -0.4 is 0 Å². The summed E-state index contributed by atoms with van der Waals surface area (Å²) >= 11 is 0. The monoisotopic (exact) mass is 468 g/mol. The molecule has 0 fully saturated rings. The van der Waals surface area contributed by atoms with Gasteiger partial charge in [0.05, 0.1) is 0 Å². The van der Waals surface area contributed by atoms with Crippen LogP contribution >= 0.6 is 0 Å². The van der Waals surface area contributed by atoms with E-state index in [-0.39, 0.29) is 0 Å². The first-order valence-electron chi connectivity index (χ1n) is 15.4. The van der Waals surface area contributed by atoms with E-state index in [0.717, 1.165) is 0 Å². The maximum absolute atomic E-state index is 2.74. The molecule has 0 aliphatic heterocycles. The largest absolute Gasteiger partial charge is 0.303 e. The molecule has 0 bridgehead atoms. The van der Waals surface area contributed by atoms with Crippen molar-refractivity contribution in [3.63, 3.8) is 0 Å². The number of hydrogen-bond acceptors (Lipinski definition) is 3. The molecule has 0 rings (SSSR count). The number of nitrogens with zero attached hydrogens (tertiary/aromatic N) is 3. The zero-order valence-electron chi connectivity index (χ0n) is 24.0. The summed E-state index contributed by atoms with van der Waals surface area (Å²) < 4.78 is 0. The molecule has 200 valence electrons. The van der Waals surface area contributed by atoms with Gasteiger partial charge in [0.25, 0.3) is 0 Å². The highest BCUT2D eigenvalue weighted by Gasteiger charge is 2.09. The minimum absolute atomic E-state index is 1.18. The summed E-state index contributed by atoms with van der Waals surface area (Å²) in [5.74, 6) is 0. The van der Waals surface area contributed by atoms with E-state index >= 15 is 0 Å². The van der Waals surface area contributed by atoms with E-state index in [9.17, 15) is 0 Å². The Kier molecular flexibility index (Phi) is 26.4. The highest BCUT2D eigenvalue weighted by atomic mass is 15.2. The van der Waals surface area contributed by atoms with Gasteiger partial charge in [-0.1, -0.05) is 131 Å². The van der Waals surface area contributed by atoms with Crippen molar-refractivity contribution < 1.29 is 0 Å². The Morgan fingerprint density at radius 1 is 0.273 bits per heavy atom. The Hall–Kier alpha value is -0.120. The van der Waals surface area contributed by atoms with Gasteiger partial charge >= 0.3 is 0 Å². The van der Waals surface area contributed by atoms with Gasteiger partial charge in [-0.3, -0.25) is 0 Å². The zero-order valence-corrected chi connectivity index (χ0v) is 24.0. The van der Waals surface area contributed by atoms with Crippen LogP contribution in [-0.2, 0) is 0 Å². The predicted octanol–water partition coefficient (Wildman–Crippen LogP) is 8.23. The van der Waals surface area contributed by atoms with Crippen molar-refractivity contribution in [3.05, 3.63) is 0 Å². The summed E-state index contributed by atoms with van der Waals surface area (Å²) in [6.45, 7) is 22.4. The SMILES string of the molecule is CCCCCCCCCCCCCCCCCCN(CCN(CC)CC)CCN(CC)CC. The van der Waals surface area contributed by atoms with Gasteiger partial charge in [0.15, 0.2) is 0 Å². The second-order valence-corrected chi connectivity index (χ2v) is 10.2. The topological polar surface area (TPSA) is 9.72 Å². The van der Waals surface area contributed by atoms with Crippen LogP contribution in [0.25, 0.3) is 0 Å². The standard InChI is InChI=1S/C30H65N3/c1-6-11-12-13-14-15-16-17-18-19-20-21-22-23-24-25-26-33(29-27-31(7-2)8-3)30-28-32(9-4)10-5/h6-30H2,1-5H3. The highest BCUT2D eigenvalue weighted by molar-refractivity contribution is 4.65. The summed E-state index contributed by atoms with van der Waals surface area (Å²) in [6.07, 6.45) is 23.2. The van der Waals surface area contributed by atoms with E-state index in [0.29, 0.717) is 0 Å². The van der Waals surface area contributed by atoms with E-state index < -0.39 is 0 Å². The molecular formula is C30H65N3. The summed E-state index contributed by atoms with van der Waals surface area (Å²) in [6, 6.07) is 0. The molecule has 0 amide bonds. The van der Waals surface area contributed by atoms with Gasteiger partial charge < -0.3 is 14.7 Å². The first-order chi connectivity index (χ1) is 16.2. The third-order valence-electron chi connectivity index (χ3n) is 7.58. The number of hydrogen-bond donors (Lipinski definition) is 0. The van der Waals surface area contributed by atoms with Crippen molar-refractivity contribution in [1.82, 2.24) is 14.7 Å². The van der Waals surface area contributed by atoms with Crippen molar-refractivity contribution in [1.29, 1.82) is 0 Å². The van der Waals surface area contributed by atoms with Crippen LogP contribution in [0.1, 0.15) is 137 Å². The van der Waals surface area contributed by atoms with Gasteiger partial charge in [-0.05, 0) is 39.1 Å². The van der Waals surface area contributed by atoms with Crippen LogP contribution in [-0.4, -0.2) is 73.6 Å². The Morgan fingerprint density at radius 2 is 0.545 bits per heavy atom. The lowest BCUT2D eigenvalue weighted by atomic mass is 10.0. The highest BCUT2D eigenvalue weighted by Crippen LogP contribution is 2.14. The van der Waals surface area contributed by atoms with Crippen molar-refractivity contribution in [2.75, 3.05) is 58.9 Å². The molecule has 0 heterocycles. The Labute approximate surface area is 211 Å². The van der Waals surface area contributed by atoms with Gasteiger partial charge in [-0.25, -0.2) is 0 Å². The first-order valence-corrected chi connectivity index (χ1v) is 15.4. The molecule has 0 saturated heterocycles. The lowest BCUT2D eigenvalue weighted by Crippen LogP contribution is -2.40. The lowest BCUT2D eigenvalue weighted by Gasteiger charge is -2.28. The molecule has 0 atom stereocenters. The fraction of sp³-hybridized carbons (Fsp3) is 1.00. The van der Waals surface area contributed by atoms with Crippen LogP contribution in [0.3, 0.4) is 0 Å². The molecule has 3 nitrogen and oxygen atoms in total. The second kappa shape index (κ2) is 26.5. The fourth-order valence-corrected chi connectivity index (χ4v) is 4.86. The fourth-order valence-electron chi connectivity index (χ4n) is 4.86. The average Bonchev–Trinajstić information content (AvgIpc) is 2.84. The van der Waals surface area contributed by atoms with E-state index in [4.69, 9.17) is 0 Å². The van der Waals surface area contributed by atoms with E-state index in [1.165, 1.54) is 162 Å². The molecular weight excluding hydrogens is 402 g/mol. The molecule has 0 aromatic heterocycles. The van der Waals surface area contributed by atoms with Crippen molar-refractivity contribution >= 4 is 0 Å². The van der Waals surface area contributed by atoms with E-state index in [1.54, 1.807) is 0 Å². The van der Waals surface area contributed by atoms with Crippen LogP contribution in [0.4, 0.5) is 0 Å². The Morgan fingerprint density at radius 3 is 0.848 bits per heavy atom. The van der Waals surface area contributed by atoms with Gasteiger partial charge in [0.1, 0.15) is 0 Å². The van der Waals surface area contributed by atoms with Crippen LogP contribution in [0.15, 0.2) is 0 Å². The molecule has 0 N–H and O–H groups in total. The third kappa shape index (κ3) is 22.1. The Balaban J connectivity index is 3.70. The molecule has 0 spiro atoms. The van der Waals surface area contributed by atoms with E-state index in [1.807, 2.05) is 0 Å². The summed E-state index contributed by atoms with van der Waals surface area (Å²) in [5.41, 5.74) is 0. The third-order valence-corrected chi connectivity index (χ3v) is 7.58. The molecule has 3 heteroatoms. The number of likely N-dealkylation sites (N-methyl/N-ethyl adjacent to an activating group) is 2. The minimum Gasteiger partial charge on any atom is -0.303 e. The maximum atomic E-state index is 2.74. The smallest absolute Gasteiger partial charge is 0.0110 e. The van der Waals surface area contributed by atoms with Crippen LogP contribution in [0.5, 0.6) is 0 Å². The van der Waals surface area contributed by atoms with Crippen LogP contribution in [0, 0.1) is 0 Å². The molecule has 0 unspecified atom stereocenters. The molecule has 33 heavy (non-hydrogen) atoms. The number of rotatable bonds is 27. The second-order valence-electron chi connectivity index (χ2n) is 10.2. The Bertz CT molecular complexity index is 336. The minimum atomic E-state index is 1.18. The molecule has 0 aliphatic rings. The van der Waals surface area contributed by atoms with Gasteiger partial charge in [0, 0.05) is 26.2 Å². The van der Waals surface area contributed by atoms with Gasteiger partial charge in [0.2, 0.25) is 0 Å². The van der Waals surface area contributed by atoms with E-state index in [2.05, 4.69) is 49.3 Å². The summed E-state index contributed by atoms with van der Waals surface area (Å²) in [4.78, 5) is 7.87. The number of unbranched alkanes of at least 4 members (excludes halogenated alkanes) is 15. The average molecular weight is 468 g/mol. The quantitative estimate of drug-likeness (QED) is 0.113.